The molecule has 1 heterocycles. The zero-order chi connectivity index (χ0) is 15.1. The van der Waals surface area contributed by atoms with E-state index in [2.05, 4.69) is 5.32 Å². The molecular formula is C13H22N2O5. The molecule has 0 aromatic carbocycles. The van der Waals surface area contributed by atoms with Gasteiger partial charge < -0.3 is 20.1 Å². The van der Waals surface area contributed by atoms with Crippen molar-refractivity contribution >= 4 is 17.8 Å². The minimum absolute atomic E-state index is 0.0322. The first-order valence-electron chi connectivity index (χ1n) is 6.71. The highest BCUT2D eigenvalue weighted by atomic mass is 16.5. The predicted molar refractivity (Wildman–Crippen MR) is 71.0 cm³/mol. The molecule has 1 rings (SSSR count). The molecular weight excluding hydrogens is 264 g/mol. The summed E-state index contributed by atoms with van der Waals surface area (Å²) in [4.78, 5) is 35.5. The zero-order valence-electron chi connectivity index (χ0n) is 11.9. The summed E-state index contributed by atoms with van der Waals surface area (Å²) < 4.78 is 5.00. The molecule has 114 valence electrons. The van der Waals surface area contributed by atoms with Gasteiger partial charge in [0.2, 0.25) is 11.8 Å². The Morgan fingerprint density at radius 2 is 1.95 bits per heavy atom. The number of carbonyl (C=O) groups excluding carboxylic acids is 2. The molecule has 20 heavy (non-hydrogen) atoms. The largest absolute Gasteiger partial charge is 0.481 e. The van der Waals surface area contributed by atoms with E-state index >= 15 is 0 Å². The molecule has 1 fully saturated rings. The lowest BCUT2D eigenvalue weighted by Crippen LogP contribution is -2.44. The smallest absolute Gasteiger partial charge is 0.306 e. The van der Waals surface area contributed by atoms with Gasteiger partial charge >= 0.3 is 5.97 Å². The molecule has 1 aliphatic heterocycles. The summed E-state index contributed by atoms with van der Waals surface area (Å²) in [5.41, 5.74) is 0. The Balaban J connectivity index is 2.33. The number of aliphatic carboxylic acids is 1. The van der Waals surface area contributed by atoms with Crippen LogP contribution in [-0.2, 0) is 19.1 Å². The van der Waals surface area contributed by atoms with E-state index in [0.29, 0.717) is 25.9 Å². The number of carboxylic acid groups (broad SMARTS) is 1. The SMILES string of the molecule is COC(CNC(=O)C1CCN(C(C)=O)CC1)CC(=O)O. The average Bonchev–Trinajstić information content (AvgIpc) is 2.42. The number of carboxylic acids is 1. The number of hydrogen-bond acceptors (Lipinski definition) is 4. The molecule has 1 atom stereocenters. The minimum Gasteiger partial charge on any atom is -0.481 e. The van der Waals surface area contributed by atoms with Crippen LogP contribution in [0.4, 0.5) is 0 Å². The molecule has 0 bridgehead atoms. The summed E-state index contributed by atoms with van der Waals surface area (Å²) in [5, 5.41) is 11.4. The number of methoxy groups -OCH3 is 1. The summed E-state index contributed by atoms with van der Waals surface area (Å²) in [6.07, 6.45) is 0.623. The van der Waals surface area contributed by atoms with Crippen molar-refractivity contribution in [2.24, 2.45) is 5.92 Å². The van der Waals surface area contributed by atoms with Gasteiger partial charge in [0.1, 0.15) is 0 Å². The van der Waals surface area contributed by atoms with E-state index in [9.17, 15) is 14.4 Å². The number of nitrogens with zero attached hydrogens (tertiary/aromatic N) is 1. The van der Waals surface area contributed by atoms with Crippen LogP contribution in [0.1, 0.15) is 26.2 Å². The maximum atomic E-state index is 12.0. The minimum atomic E-state index is -0.958. The first kappa shape index (κ1) is 16.4. The Bertz CT molecular complexity index is 364. The Morgan fingerprint density at radius 1 is 1.35 bits per heavy atom. The van der Waals surface area contributed by atoms with Crippen LogP contribution in [0.15, 0.2) is 0 Å². The molecule has 0 radical (unpaired) electrons. The van der Waals surface area contributed by atoms with E-state index in [0.717, 1.165) is 0 Å². The van der Waals surface area contributed by atoms with Crippen molar-refractivity contribution < 1.29 is 24.2 Å². The Hall–Kier alpha value is -1.63. The van der Waals surface area contributed by atoms with E-state index in [-0.39, 0.29) is 30.7 Å². The molecule has 0 aliphatic carbocycles. The summed E-state index contributed by atoms with van der Waals surface area (Å²) >= 11 is 0. The van der Waals surface area contributed by atoms with Crippen LogP contribution in [0.2, 0.25) is 0 Å². The van der Waals surface area contributed by atoms with E-state index in [4.69, 9.17) is 9.84 Å². The van der Waals surface area contributed by atoms with Crippen molar-refractivity contribution in [3.63, 3.8) is 0 Å². The molecule has 1 aliphatic rings. The highest BCUT2D eigenvalue weighted by molar-refractivity contribution is 5.79. The van der Waals surface area contributed by atoms with Crippen molar-refractivity contribution in [2.75, 3.05) is 26.7 Å². The van der Waals surface area contributed by atoms with Gasteiger partial charge in [-0.2, -0.15) is 0 Å². The average molecular weight is 286 g/mol. The summed E-state index contributed by atoms with van der Waals surface area (Å²) in [6.45, 7) is 2.90. The van der Waals surface area contributed by atoms with Gasteiger partial charge in [0.05, 0.1) is 12.5 Å². The van der Waals surface area contributed by atoms with Crippen molar-refractivity contribution in [2.45, 2.75) is 32.3 Å². The van der Waals surface area contributed by atoms with Gasteiger partial charge in [-0.25, -0.2) is 0 Å². The van der Waals surface area contributed by atoms with Gasteiger partial charge in [0.15, 0.2) is 0 Å². The molecule has 1 saturated heterocycles. The van der Waals surface area contributed by atoms with Crippen molar-refractivity contribution in [3.05, 3.63) is 0 Å². The zero-order valence-corrected chi connectivity index (χ0v) is 11.9. The van der Waals surface area contributed by atoms with Crippen LogP contribution in [-0.4, -0.2) is 60.6 Å². The maximum Gasteiger partial charge on any atom is 0.306 e. The molecule has 0 saturated carbocycles. The fourth-order valence-electron chi connectivity index (χ4n) is 2.25. The lowest BCUT2D eigenvalue weighted by atomic mass is 9.96. The Morgan fingerprint density at radius 3 is 2.40 bits per heavy atom. The quantitative estimate of drug-likeness (QED) is 0.708. The van der Waals surface area contributed by atoms with Gasteiger partial charge in [-0.3, -0.25) is 14.4 Å². The maximum absolute atomic E-state index is 12.0. The number of nitrogens with one attached hydrogen (secondary N) is 1. The standard InChI is InChI=1S/C13H22N2O5/c1-9(16)15-5-3-10(4-6-15)13(19)14-8-11(20-2)7-12(17)18/h10-11H,3-8H2,1-2H3,(H,14,19)(H,17,18). The van der Waals surface area contributed by atoms with Crippen LogP contribution in [0.25, 0.3) is 0 Å². The first-order chi connectivity index (χ1) is 9.43. The van der Waals surface area contributed by atoms with Gasteiger partial charge in [0.25, 0.3) is 0 Å². The van der Waals surface area contributed by atoms with Gasteiger partial charge in [0, 0.05) is 39.6 Å². The number of hydrogen-bond donors (Lipinski definition) is 2. The normalized spacial score (nSPS) is 17.6. The van der Waals surface area contributed by atoms with Gasteiger partial charge in [-0.05, 0) is 12.8 Å². The van der Waals surface area contributed by atoms with Crippen LogP contribution in [0, 0.1) is 5.92 Å². The summed E-state index contributed by atoms with van der Waals surface area (Å²) in [5.74, 6) is -1.14. The fourth-order valence-corrected chi connectivity index (χ4v) is 2.25. The molecule has 0 aromatic rings. The van der Waals surface area contributed by atoms with E-state index < -0.39 is 12.1 Å². The van der Waals surface area contributed by atoms with Crippen molar-refractivity contribution in [1.29, 1.82) is 0 Å². The van der Waals surface area contributed by atoms with Crippen LogP contribution in [0.3, 0.4) is 0 Å². The highest BCUT2D eigenvalue weighted by Crippen LogP contribution is 2.17. The highest BCUT2D eigenvalue weighted by Gasteiger charge is 2.26. The monoisotopic (exact) mass is 286 g/mol. The Labute approximate surface area is 118 Å². The molecule has 2 N–H and O–H groups in total. The van der Waals surface area contributed by atoms with E-state index in [1.54, 1.807) is 4.90 Å². The molecule has 2 amide bonds. The number of amides is 2. The lowest BCUT2D eigenvalue weighted by molar-refractivity contribution is -0.140. The molecule has 7 heteroatoms. The van der Waals surface area contributed by atoms with E-state index in [1.807, 2.05) is 0 Å². The van der Waals surface area contributed by atoms with Gasteiger partial charge in [-0.15, -0.1) is 0 Å². The third kappa shape index (κ3) is 5.16. The number of likely N-dealkylation sites (tertiary alicyclic amines) is 1. The predicted octanol–water partition coefficient (Wildman–Crippen LogP) is -0.149. The second kappa shape index (κ2) is 7.84. The molecule has 1 unspecified atom stereocenters. The van der Waals surface area contributed by atoms with Crippen LogP contribution in [0.5, 0.6) is 0 Å². The van der Waals surface area contributed by atoms with E-state index in [1.165, 1.54) is 14.0 Å². The number of rotatable bonds is 6. The second-order valence-corrected chi connectivity index (χ2v) is 4.98. The summed E-state index contributed by atoms with van der Waals surface area (Å²) in [7, 11) is 1.42. The molecule has 0 spiro atoms. The number of piperidine rings is 1. The number of carbonyl (C=O) groups is 3. The van der Waals surface area contributed by atoms with Crippen molar-refractivity contribution in [1.82, 2.24) is 10.2 Å². The lowest BCUT2D eigenvalue weighted by Gasteiger charge is -2.30. The molecule has 7 nitrogen and oxygen atoms in total. The fraction of sp³-hybridized carbons (Fsp3) is 0.769. The second-order valence-electron chi connectivity index (χ2n) is 4.98. The third-order valence-corrected chi connectivity index (χ3v) is 3.55. The topological polar surface area (TPSA) is 95.9 Å². The first-order valence-corrected chi connectivity index (χ1v) is 6.71. The summed E-state index contributed by atoms with van der Waals surface area (Å²) in [6, 6.07) is 0. The third-order valence-electron chi connectivity index (χ3n) is 3.55. The number of ether oxygens (including phenoxy) is 1. The molecule has 0 aromatic heterocycles. The van der Waals surface area contributed by atoms with Gasteiger partial charge in [-0.1, -0.05) is 0 Å². The van der Waals surface area contributed by atoms with Crippen molar-refractivity contribution in [3.8, 4) is 0 Å². The van der Waals surface area contributed by atoms with Crippen LogP contribution < -0.4 is 5.32 Å². The Kier molecular flexibility index (Phi) is 6.44. The van der Waals surface area contributed by atoms with Crippen LogP contribution >= 0.6 is 0 Å².